The van der Waals surface area contributed by atoms with Gasteiger partial charge in [0.15, 0.2) is 5.75 Å². The van der Waals surface area contributed by atoms with E-state index in [1.54, 1.807) is 19.1 Å². The predicted octanol–water partition coefficient (Wildman–Crippen LogP) is 3.98. The fourth-order valence-corrected chi connectivity index (χ4v) is 4.36. The summed E-state index contributed by atoms with van der Waals surface area (Å²) in [5.41, 5.74) is 1.89. The summed E-state index contributed by atoms with van der Waals surface area (Å²) in [6.07, 6.45) is -0.218. The molecule has 0 spiro atoms. The van der Waals surface area contributed by atoms with Gasteiger partial charge in [-0.25, -0.2) is 13.2 Å². The maximum Gasteiger partial charge on any atom is 0.267 e. The lowest BCUT2D eigenvalue weighted by atomic mass is 9.96. The molecule has 0 saturated carbocycles. The normalized spacial score (nSPS) is 19.4. The first-order chi connectivity index (χ1) is 14.6. The Balaban J connectivity index is 1.70. The second kappa shape index (κ2) is 7.75. The van der Waals surface area contributed by atoms with E-state index in [2.05, 4.69) is 5.32 Å². The van der Waals surface area contributed by atoms with Crippen LogP contribution in [-0.2, 0) is 6.42 Å². The number of amides is 2. The van der Waals surface area contributed by atoms with E-state index in [0.29, 0.717) is 16.7 Å². The molecule has 2 aliphatic rings. The first kappa shape index (κ1) is 21.5. The van der Waals surface area contributed by atoms with Crippen molar-refractivity contribution in [1.29, 1.82) is 0 Å². The van der Waals surface area contributed by atoms with E-state index >= 15 is 0 Å². The number of carbonyl (C=O) groups excluding carboxylic acids is 2. The molecule has 2 aromatic carbocycles. The number of alkyl halides is 2. The van der Waals surface area contributed by atoms with Crippen molar-refractivity contribution in [3.8, 4) is 5.75 Å². The lowest BCUT2D eigenvalue weighted by molar-refractivity contribution is 0.0113. The molecule has 2 amide bonds. The van der Waals surface area contributed by atoms with E-state index < -0.39 is 42.6 Å². The van der Waals surface area contributed by atoms with Crippen molar-refractivity contribution < 1.29 is 27.5 Å². The van der Waals surface area contributed by atoms with Crippen LogP contribution >= 0.6 is 11.6 Å². The summed E-state index contributed by atoms with van der Waals surface area (Å²) in [5, 5.41) is 2.60. The van der Waals surface area contributed by atoms with Gasteiger partial charge >= 0.3 is 0 Å². The fraction of sp³-hybridized carbons (Fsp3) is 0.364. The fourth-order valence-electron chi connectivity index (χ4n) is 4.09. The smallest absolute Gasteiger partial charge is 0.267 e. The van der Waals surface area contributed by atoms with Crippen molar-refractivity contribution in [1.82, 2.24) is 10.2 Å². The van der Waals surface area contributed by atoms with Crippen LogP contribution in [0, 0.1) is 12.7 Å². The largest absolute Gasteiger partial charge is 0.489 e. The molecule has 2 heterocycles. The summed E-state index contributed by atoms with van der Waals surface area (Å²) in [4.78, 5) is 25.9. The zero-order valence-electron chi connectivity index (χ0n) is 16.9. The van der Waals surface area contributed by atoms with Crippen LogP contribution in [0.25, 0.3) is 0 Å². The van der Waals surface area contributed by atoms with E-state index in [1.165, 1.54) is 19.2 Å². The van der Waals surface area contributed by atoms with Gasteiger partial charge in [0.1, 0.15) is 12.4 Å². The number of hydrogen-bond donors (Lipinski definition) is 1. The molecule has 31 heavy (non-hydrogen) atoms. The minimum absolute atomic E-state index is 0.0565. The van der Waals surface area contributed by atoms with Gasteiger partial charge < -0.3 is 15.0 Å². The van der Waals surface area contributed by atoms with Gasteiger partial charge in [-0.05, 0) is 48.2 Å². The monoisotopic (exact) mass is 452 g/mol. The molecule has 9 heteroatoms. The van der Waals surface area contributed by atoms with Crippen LogP contribution in [0.1, 0.15) is 43.8 Å². The Bertz CT molecular complexity index is 1090. The van der Waals surface area contributed by atoms with Gasteiger partial charge in [0.25, 0.3) is 17.7 Å². The van der Waals surface area contributed by atoms with E-state index in [9.17, 15) is 22.8 Å². The predicted molar refractivity (Wildman–Crippen MR) is 109 cm³/mol. The zero-order chi connectivity index (χ0) is 22.5. The molecule has 4 rings (SSSR count). The Kier molecular flexibility index (Phi) is 5.37. The molecule has 1 fully saturated rings. The molecular formula is C22H20ClF3N2O3. The van der Waals surface area contributed by atoms with Crippen LogP contribution in [0.4, 0.5) is 13.2 Å². The highest BCUT2D eigenvalue weighted by Gasteiger charge is 2.49. The molecule has 0 bridgehead atoms. The molecule has 0 radical (unpaired) electrons. The van der Waals surface area contributed by atoms with Crippen LogP contribution in [0.3, 0.4) is 0 Å². The topological polar surface area (TPSA) is 58.6 Å². The molecule has 5 nitrogen and oxygen atoms in total. The number of ether oxygens (including phenoxy) is 1. The number of benzene rings is 2. The van der Waals surface area contributed by atoms with Gasteiger partial charge in [-0.1, -0.05) is 17.7 Å². The van der Waals surface area contributed by atoms with Crippen molar-refractivity contribution in [2.75, 3.05) is 20.2 Å². The van der Waals surface area contributed by atoms with Crippen molar-refractivity contribution in [3.05, 3.63) is 62.9 Å². The molecule has 2 aliphatic heterocycles. The highest BCUT2D eigenvalue weighted by atomic mass is 35.5. The average molecular weight is 453 g/mol. The summed E-state index contributed by atoms with van der Waals surface area (Å²) in [5.74, 6) is -4.53. The highest BCUT2D eigenvalue weighted by Crippen LogP contribution is 2.41. The standard InChI is InChI=1S/C22H20ClF3N2O3/c1-11-13(5-12-3-4-15(17(24)6-12)20(29)27-2)7-16-19(18(11)23)31-9-14-8-22(25,26)10-28(14)21(16)30/h3-4,6-7,14H,5,8-10H2,1-2H3,(H,27,29)/t14-/m1/s1. The SMILES string of the molecule is CNC(=O)c1ccc(Cc2cc3c(c(Cl)c2C)OC[C@H]2CC(F)(F)CN2C3=O)cc1F. The Morgan fingerprint density at radius 1 is 1.35 bits per heavy atom. The maximum atomic E-state index is 14.3. The quantitative estimate of drug-likeness (QED) is 0.766. The lowest BCUT2D eigenvalue weighted by Crippen LogP contribution is -2.37. The highest BCUT2D eigenvalue weighted by molar-refractivity contribution is 6.33. The summed E-state index contributed by atoms with van der Waals surface area (Å²) in [7, 11) is 1.41. The van der Waals surface area contributed by atoms with Gasteiger partial charge in [0.05, 0.1) is 28.7 Å². The lowest BCUT2D eigenvalue weighted by Gasteiger charge is -2.20. The summed E-state index contributed by atoms with van der Waals surface area (Å²) in [6, 6.07) is 5.10. The molecule has 0 unspecified atom stereocenters. The Morgan fingerprint density at radius 2 is 2.10 bits per heavy atom. The van der Waals surface area contributed by atoms with Gasteiger partial charge in [-0.15, -0.1) is 0 Å². The molecular weight excluding hydrogens is 433 g/mol. The number of nitrogens with zero attached hydrogens (tertiary/aromatic N) is 1. The molecule has 0 aliphatic carbocycles. The first-order valence-corrected chi connectivity index (χ1v) is 10.1. The molecule has 1 atom stereocenters. The first-order valence-electron chi connectivity index (χ1n) is 9.75. The number of halogens is 4. The van der Waals surface area contributed by atoms with Crippen molar-refractivity contribution in [3.63, 3.8) is 0 Å². The van der Waals surface area contributed by atoms with Crippen molar-refractivity contribution in [2.45, 2.75) is 31.7 Å². The molecule has 1 N–H and O–H groups in total. The Labute approximate surface area is 182 Å². The second-order valence-electron chi connectivity index (χ2n) is 7.88. The third-order valence-corrected chi connectivity index (χ3v) is 6.22. The number of carbonyl (C=O) groups is 2. The van der Waals surface area contributed by atoms with Gasteiger partial charge in [0.2, 0.25) is 0 Å². The molecule has 0 aromatic heterocycles. The summed E-state index contributed by atoms with van der Waals surface area (Å²) < 4.78 is 47.7. The maximum absolute atomic E-state index is 14.3. The number of nitrogens with one attached hydrogen (secondary N) is 1. The van der Waals surface area contributed by atoms with E-state index in [0.717, 1.165) is 4.90 Å². The van der Waals surface area contributed by atoms with E-state index in [4.69, 9.17) is 16.3 Å². The number of rotatable bonds is 3. The average Bonchev–Trinajstić information content (AvgIpc) is 2.98. The third-order valence-electron chi connectivity index (χ3n) is 5.76. The van der Waals surface area contributed by atoms with Gasteiger partial charge in [-0.3, -0.25) is 9.59 Å². The minimum Gasteiger partial charge on any atom is -0.489 e. The van der Waals surface area contributed by atoms with Crippen molar-refractivity contribution >= 4 is 23.4 Å². The zero-order valence-corrected chi connectivity index (χ0v) is 17.7. The molecule has 1 saturated heterocycles. The summed E-state index contributed by atoms with van der Waals surface area (Å²) in [6.45, 7) is 1.03. The number of fused-ring (bicyclic) bond motifs is 2. The van der Waals surface area contributed by atoms with Crippen LogP contribution in [0.5, 0.6) is 5.75 Å². The van der Waals surface area contributed by atoms with Crippen LogP contribution in [-0.4, -0.2) is 48.9 Å². The van der Waals surface area contributed by atoms with E-state index in [1.807, 2.05) is 0 Å². The Morgan fingerprint density at radius 3 is 2.77 bits per heavy atom. The second-order valence-corrected chi connectivity index (χ2v) is 8.26. The van der Waals surface area contributed by atoms with Gasteiger partial charge in [-0.2, -0.15) is 0 Å². The van der Waals surface area contributed by atoms with Crippen LogP contribution < -0.4 is 10.1 Å². The molecule has 164 valence electrons. The minimum atomic E-state index is -2.96. The van der Waals surface area contributed by atoms with Crippen LogP contribution in [0.15, 0.2) is 24.3 Å². The number of hydrogen-bond acceptors (Lipinski definition) is 3. The Hall–Kier alpha value is -2.74. The van der Waals surface area contributed by atoms with Crippen LogP contribution in [0.2, 0.25) is 5.02 Å². The third kappa shape index (κ3) is 3.84. The molecule has 2 aromatic rings. The van der Waals surface area contributed by atoms with E-state index in [-0.39, 0.29) is 34.9 Å². The van der Waals surface area contributed by atoms with Gasteiger partial charge in [0, 0.05) is 13.5 Å². The summed E-state index contributed by atoms with van der Waals surface area (Å²) >= 11 is 6.48. The van der Waals surface area contributed by atoms with Crippen molar-refractivity contribution in [2.24, 2.45) is 0 Å².